The standard InChI is InChI=1S/C16H24BrN3O/c1-19-4-5-20(2)15(11-19)10-18-9-13-8-14(17)7-12-3-6-21-16(12)13/h7-8,15,18H,3-6,9-11H2,1-2H3. The first-order valence-electron chi connectivity index (χ1n) is 7.67. The highest BCUT2D eigenvalue weighted by Gasteiger charge is 2.22. The summed E-state index contributed by atoms with van der Waals surface area (Å²) in [4.78, 5) is 4.86. The number of halogens is 1. The Bertz CT molecular complexity index is 509. The SMILES string of the molecule is CN1CCN(C)C(CNCc2cc(Br)cc3c2OCC3)C1. The van der Waals surface area contributed by atoms with Gasteiger partial charge in [0.25, 0.3) is 0 Å². The van der Waals surface area contributed by atoms with Crippen molar-refractivity contribution in [1.29, 1.82) is 0 Å². The third-order valence-corrected chi connectivity index (χ3v) is 4.96. The van der Waals surface area contributed by atoms with Crippen LogP contribution in [0.2, 0.25) is 0 Å². The summed E-state index contributed by atoms with van der Waals surface area (Å²) in [6.45, 7) is 6.15. The van der Waals surface area contributed by atoms with E-state index in [1.807, 2.05) is 0 Å². The number of ether oxygens (including phenoxy) is 1. The van der Waals surface area contributed by atoms with Gasteiger partial charge >= 0.3 is 0 Å². The molecule has 1 unspecified atom stereocenters. The summed E-state index contributed by atoms with van der Waals surface area (Å²) in [6, 6.07) is 4.94. The van der Waals surface area contributed by atoms with Gasteiger partial charge < -0.3 is 15.0 Å². The normalized spacial score (nSPS) is 23.1. The topological polar surface area (TPSA) is 27.7 Å². The molecule has 1 aromatic rings. The average molecular weight is 354 g/mol. The number of hydrogen-bond donors (Lipinski definition) is 1. The monoisotopic (exact) mass is 353 g/mol. The van der Waals surface area contributed by atoms with Crippen molar-refractivity contribution in [2.45, 2.75) is 19.0 Å². The van der Waals surface area contributed by atoms with Crippen LogP contribution in [0.25, 0.3) is 0 Å². The van der Waals surface area contributed by atoms with E-state index in [1.54, 1.807) is 0 Å². The molecule has 0 bridgehead atoms. The molecule has 1 aromatic carbocycles. The smallest absolute Gasteiger partial charge is 0.127 e. The second-order valence-electron chi connectivity index (χ2n) is 6.18. The van der Waals surface area contributed by atoms with Crippen LogP contribution in [0.3, 0.4) is 0 Å². The molecule has 5 heteroatoms. The van der Waals surface area contributed by atoms with Crippen LogP contribution in [0, 0.1) is 0 Å². The first-order chi connectivity index (χ1) is 10.1. The molecule has 1 fully saturated rings. The Morgan fingerprint density at radius 2 is 2.19 bits per heavy atom. The van der Waals surface area contributed by atoms with Crippen LogP contribution >= 0.6 is 15.9 Å². The Hall–Kier alpha value is -0.620. The van der Waals surface area contributed by atoms with Gasteiger partial charge in [-0.3, -0.25) is 4.90 Å². The minimum absolute atomic E-state index is 0.588. The largest absolute Gasteiger partial charge is 0.493 e. The molecule has 21 heavy (non-hydrogen) atoms. The second kappa shape index (κ2) is 6.65. The van der Waals surface area contributed by atoms with Gasteiger partial charge in [-0.25, -0.2) is 0 Å². The van der Waals surface area contributed by atoms with Crippen LogP contribution in [0.15, 0.2) is 16.6 Å². The van der Waals surface area contributed by atoms with Gasteiger partial charge in [0.05, 0.1) is 6.61 Å². The van der Waals surface area contributed by atoms with Gasteiger partial charge in [-0.15, -0.1) is 0 Å². The molecule has 2 aliphatic heterocycles. The predicted octanol–water partition coefficient (Wildman–Crippen LogP) is 1.72. The van der Waals surface area contributed by atoms with Crippen molar-refractivity contribution in [2.75, 3.05) is 46.9 Å². The van der Waals surface area contributed by atoms with E-state index in [0.717, 1.165) is 49.4 Å². The summed E-state index contributed by atoms with van der Waals surface area (Å²) in [5.74, 6) is 1.10. The number of likely N-dealkylation sites (N-methyl/N-ethyl adjacent to an activating group) is 2. The third kappa shape index (κ3) is 3.59. The van der Waals surface area contributed by atoms with Gasteiger partial charge in [-0.2, -0.15) is 0 Å². The lowest BCUT2D eigenvalue weighted by atomic mass is 10.1. The van der Waals surface area contributed by atoms with Crippen molar-refractivity contribution in [3.05, 3.63) is 27.7 Å². The second-order valence-corrected chi connectivity index (χ2v) is 7.09. The molecule has 1 N–H and O–H groups in total. The molecule has 4 nitrogen and oxygen atoms in total. The maximum Gasteiger partial charge on any atom is 0.127 e. The van der Waals surface area contributed by atoms with Crippen molar-refractivity contribution in [2.24, 2.45) is 0 Å². The molecule has 2 heterocycles. The number of rotatable bonds is 4. The summed E-state index contributed by atoms with van der Waals surface area (Å²) in [7, 11) is 4.42. The maximum absolute atomic E-state index is 5.79. The molecule has 116 valence electrons. The number of benzene rings is 1. The van der Waals surface area contributed by atoms with Crippen LogP contribution < -0.4 is 10.1 Å². The van der Waals surface area contributed by atoms with Gasteiger partial charge in [0.2, 0.25) is 0 Å². The van der Waals surface area contributed by atoms with Crippen molar-refractivity contribution >= 4 is 15.9 Å². The van der Waals surface area contributed by atoms with Crippen LogP contribution in [-0.4, -0.2) is 62.7 Å². The van der Waals surface area contributed by atoms with Gasteiger partial charge in [0.15, 0.2) is 0 Å². The maximum atomic E-state index is 5.79. The highest BCUT2D eigenvalue weighted by molar-refractivity contribution is 9.10. The first-order valence-corrected chi connectivity index (χ1v) is 8.46. The first kappa shape index (κ1) is 15.3. The molecule has 1 saturated heterocycles. The molecule has 1 atom stereocenters. The number of fused-ring (bicyclic) bond motifs is 1. The summed E-state index contributed by atoms with van der Waals surface area (Å²) in [5.41, 5.74) is 2.60. The number of piperazine rings is 1. The molecule has 0 aromatic heterocycles. The fourth-order valence-electron chi connectivity index (χ4n) is 3.17. The Labute approximate surface area is 135 Å². The number of hydrogen-bond acceptors (Lipinski definition) is 4. The van der Waals surface area contributed by atoms with Gasteiger partial charge in [0, 0.05) is 55.2 Å². The number of nitrogens with one attached hydrogen (secondary N) is 1. The van der Waals surface area contributed by atoms with Crippen molar-refractivity contribution in [3.63, 3.8) is 0 Å². The van der Waals surface area contributed by atoms with E-state index in [-0.39, 0.29) is 0 Å². The summed E-state index contributed by atoms with van der Waals surface area (Å²) in [6.07, 6.45) is 1.03. The van der Waals surface area contributed by atoms with E-state index in [9.17, 15) is 0 Å². The number of nitrogens with zero attached hydrogens (tertiary/aromatic N) is 2. The Morgan fingerprint density at radius 1 is 1.33 bits per heavy atom. The molecular weight excluding hydrogens is 330 g/mol. The minimum Gasteiger partial charge on any atom is -0.493 e. The lowest BCUT2D eigenvalue weighted by Gasteiger charge is -2.37. The van der Waals surface area contributed by atoms with Crippen molar-refractivity contribution in [1.82, 2.24) is 15.1 Å². The molecule has 3 rings (SSSR count). The van der Waals surface area contributed by atoms with Crippen LogP contribution in [0.4, 0.5) is 0 Å². The lowest BCUT2D eigenvalue weighted by molar-refractivity contribution is 0.113. The minimum atomic E-state index is 0.588. The van der Waals surface area contributed by atoms with E-state index in [1.165, 1.54) is 17.7 Å². The molecule has 0 aliphatic carbocycles. The molecule has 0 spiro atoms. The van der Waals surface area contributed by atoms with E-state index >= 15 is 0 Å². The van der Waals surface area contributed by atoms with E-state index in [0.29, 0.717) is 6.04 Å². The lowest BCUT2D eigenvalue weighted by Crippen LogP contribution is -2.53. The van der Waals surface area contributed by atoms with Crippen molar-refractivity contribution in [3.8, 4) is 5.75 Å². The Morgan fingerprint density at radius 3 is 3.05 bits per heavy atom. The Balaban J connectivity index is 1.58. The van der Waals surface area contributed by atoms with E-state index in [4.69, 9.17) is 4.74 Å². The fourth-order valence-corrected chi connectivity index (χ4v) is 3.73. The van der Waals surface area contributed by atoms with E-state index in [2.05, 4.69) is 57.3 Å². The highest BCUT2D eigenvalue weighted by Crippen LogP contribution is 2.32. The molecule has 0 saturated carbocycles. The van der Waals surface area contributed by atoms with Crippen LogP contribution in [0.5, 0.6) is 5.75 Å². The summed E-state index contributed by atoms with van der Waals surface area (Å²) >= 11 is 3.60. The van der Waals surface area contributed by atoms with Gasteiger partial charge in [0.1, 0.15) is 5.75 Å². The average Bonchev–Trinajstić information content (AvgIpc) is 2.90. The predicted molar refractivity (Wildman–Crippen MR) is 89.0 cm³/mol. The molecule has 0 amide bonds. The third-order valence-electron chi connectivity index (χ3n) is 4.50. The summed E-state index contributed by atoms with van der Waals surface area (Å²) < 4.78 is 6.94. The zero-order valence-corrected chi connectivity index (χ0v) is 14.4. The van der Waals surface area contributed by atoms with Gasteiger partial charge in [-0.1, -0.05) is 15.9 Å². The fraction of sp³-hybridized carbons (Fsp3) is 0.625. The van der Waals surface area contributed by atoms with E-state index < -0.39 is 0 Å². The van der Waals surface area contributed by atoms with Crippen LogP contribution in [-0.2, 0) is 13.0 Å². The van der Waals surface area contributed by atoms with Gasteiger partial charge in [-0.05, 0) is 31.8 Å². The summed E-state index contributed by atoms with van der Waals surface area (Å²) in [5, 5.41) is 3.61. The molecule has 0 radical (unpaired) electrons. The quantitative estimate of drug-likeness (QED) is 0.891. The molecular formula is C16H24BrN3O. The zero-order valence-electron chi connectivity index (χ0n) is 12.9. The molecule has 2 aliphatic rings. The Kier molecular flexibility index (Phi) is 4.84. The zero-order chi connectivity index (χ0) is 14.8. The van der Waals surface area contributed by atoms with Crippen molar-refractivity contribution < 1.29 is 4.74 Å². The highest BCUT2D eigenvalue weighted by atomic mass is 79.9. The van der Waals surface area contributed by atoms with Crippen LogP contribution in [0.1, 0.15) is 11.1 Å².